The van der Waals surface area contributed by atoms with Gasteiger partial charge in [-0.3, -0.25) is 0 Å². The summed E-state index contributed by atoms with van der Waals surface area (Å²) in [5.74, 6) is 0. The van der Waals surface area contributed by atoms with Crippen LogP contribution >= 0.6 is 11.3 Å². The molecular weight excluding hydrogens is 254 g/mol. The van der Waals surface area contributed by atoms with Gasteiger partial charge in [-0.2, -0.15) is 0 Å². The summed E-state index contributed by atoms with van der Waals surface area (Å²) in [5, 5.41) is 6.46. The summed E-state index contributed by atoms with van der Waals surface area (Å²) in [6.45, 7) is 6.10. The maximum absolute atomic E-state index is 4.65. The Kier molecular flexibility index (Phi) is 4.93. The zero-order chi connectivity index (χ0) is 13.7. The van der Waals surface area contributed by atoms with Gasteiger partial charge in [-0.15, -0.1) is 11.3 Å². The SMILES string of the molecule is CCNCc1csc(N(C)c2ccc(CC)cc2)n1. The topological polar surface area (TPSA) is 28.2 Å². The highest BCUT2D eigenvalue weighted by Gasteiger charge is 2.08. The van der Waals surface area contributed by atoms with Gasteiger partial charge in [-0.25, -0.2) is 4.98 Å². The van der Waals surface area contributed by atoms with Crippen LogP contribution in [0.15, 0.2) is 29.6 Å². The van der Waals surface area contributed by atoms with E-state index in [1.165, 1.54) is 11.3 Å². The number of nitrogens with one attached hydrogen (secondary N) is 1. The Labute approximate surface area is 119 Å². The lowest BCUT2D eigenvalue weighted by Crippen LogP contribution is -2.13. The van der Waals surface area contributed by atoms with Crippen molar-refractivity contribution in [2.75, 3.05) is 18.5 Å². The second kappa shape index (κ2) is 6.68. The highest BCUT2D eigenvalue weighted by atomic mass is 32.1. The minimum absolute atomic E-state index is 0.843. The Morgan fingerprint density at radius 2 is 1.95 bits per heavy atom. The molecule has 1 heterocycles. The number of hydrogen-bond acceptors (Lipinski definition) is 4. The van der Waals surface area contributed by atoms with Gasteiger partial charge in [0.25, 0.3) is 0 Å². The monoisotopic (exact) mass is 275 g/mol. The second-order valence-electron chi connectivity index (χ2n) is 4.48. The maximum Gasteiger partial charge on any atom is 0.189 e. The molecule has 0 unspecified atom stereocenters. The third kappa shape index (κ3) is 3.55. The van der Waals surface area contributed by atoms with Crippen molar-refractivity contribution in [3.8, 4) is 0 Å². The number of aryl methyl sites for hydroxylation is 1. The highest BCUT2D eigenvalue weighted by molar-refractivity contribution is 7.13. The van der Waals surface area contributed by atoms with E-state index in [1.54, 1.807) is 11.3 Å². The fourth-order valence-corrected chi connectivity index (χ4v) is 2.66. The minimum atomic E-state index is 0.843. The first-order valence-corrected chi connectivity index (χ1v) is 7.60. The zero-order valence-electron chi connectivity index (χ0n) is 11.8. The molecule has 1 aromatic carbocycles. The quantitative estimate of drug-likeness (QED) is 0.873. The van der Waals surface area contributed by atoms with Crippen LogP contribution in [-0.2, 0) is 13.0 Å². The van der Waals surface area contributed by atoms with Gasteiger partial charge in [0.2, 0.25) is 0 Å². The van der Waals surface area contributed by atoms with E-state index in [0.717, 1.165) is 30.3 Å². The first-order chi connectivity index (χ1) is 9.24. The van der Waals surface area contributed by atoms with Gasteiger partial charge in [-0.05, 0) is 30.7 Å². The van der Waals surface area contributed by atoms with Crippen molar-refractivity contribution in [1.82, 2.24) is 10.3 Å². The molecule has 102 valence electrons. The van der Waals surface area contributed by atoms with Crippen molar-refractivity contribution in [3.63, 3.8) is 0 Å². The number of aromatic nitrogens is 1. The number of anilines is 2. The highest BCUT2D eigenvalue weighted by Crippen LogP contribution is 2.27. The predicted molar refractivity (Wildman–Crippen MR) is 83.4 cm³/mol. The predicted octanol–water partition coefficient (Wildman–Crippen LogP) is 3.58. The number of rotatable bonds is 6. The number of nitrogens with zero attached hydrogens (tertiary/aromatic N) is 2. The van der Waals surface area contributed by atoms with Gasteiger partial charge in [0.1, 0.15) is 0 Å². The standard InChI is InChI=1S/C15H21N3S/c1-4-12-6-8-14(9-7-12)18(3)15-17-13(11-19-15)10-16-5-2/h6-9,11,16H,4-5,10H2,1-3H3. The lowest BCUT2D eigenvalue weighted by Gasteiger charge is -2.16. The minimum Gasteiger partial charge on any atom is -0.321 e. The van der Waals surface area contributed by atoms with E-state index in [9.17, 15) is 0 Å². The van der Waals surface area contributed by atoms with E-state index in [1.807, 2.05) is 0 Å². The van der Waals surface area contributed by atoms with Crippen LogP contribution < -0.4 is 10.2 Å². The number of benzene rings is 1. The average molecular weight is 275 g/mol. The lowest BCUT2D eigenvalue weighted by atomic mass is 10.1. The molecule has 0 aliphatic rings. The van der Waals surface area contributed by atoms with Gasteiger partial charge in [0, 0.05) is 24.7 Å². The first-order valence-electron chi connectivity index (χ1n) is 6.72. The summed E-state index contributed by atoms with van der Waals surface area (Å²) in [5.41, 5.74) is 3.66. The van der Waals surface area contributed by atoms with Crippen molar-refractivity contribution in [2.24, 2.45) is 0 Å². The van der Waals surface area contributed by atoms with E-state index in [2.05, 4.69) is 65.7 Å². The molecule has 3 nitrogen and oxygen atoms in total. The Morgan fingerprint density at radius 1 is 1.21 bits per heavy atom. The maximum atomic E-state index is 4.65. The Balaban J connectivity index is 2.09. The van der Waals surface area contributed by atoms with Crippen LogP contribution in [0.4, 0.5) is 10.8 Å². The van der Waals surface area contributed by atoms with E-state index in [0.29, 0.717) is 0 Å². The molecule has 0 radical (unpaired) electrons. The lowest BCUT2D eigenvalue weighted by molar-refractivity contribution is 0.714. The van der Waals surface area contributed by atoms with Gasteiger partial charge in [0.15, 0.2) is 5.13 Å². The molecule has 0 saturated carbocycles. The first kappa shape index (κ1) is 14.0. The third-order valence-corrected chi connectivity index (χ3v) is 4.08. The molecule has 0 bridgehead atoms. The van der Waals surface area contributed by atoms with Crippen molar-refractivity contribution < 1.29 is 0 Å². The van der Waals surface area contributed by atoms with Crippen molar-refractivity contribution >= 4 is 22.2 Å². The van der Waals surface area contributed by atoms with E-state index in [4.69, 9.17) is 0 Å². The Hall–Kier alpha value is -1.39. The molecular formula is C15H21N3S. The van der Waals surface area contributed by atoms with Crippen LogP contribution in [0.25, 0.3) is 0 Å². The number of thiazole rings is 1. The number of hydrogen-bond donors (Lipinski definition) is 1. The van der Waals surface area contributed by atoms with Gasteiger partial charge in [-0.1, -0.05) is 26.0 Å². The fraction of sp³-hybridized carbons (Fsp3) is 0.400. The van der Waals surface area contributed by atoms with E-state index in [-0.39, 0.29) is 0 Å². The van der Waals surface area contributed by atoms with Crippen LogP contribution in [0.3, 0.4) is 0 Å². The van der Waals surface area contributed by atoms with Gasteiger partial charge < -0.3 is 10.2 Å². The second-order valence-corrected chi connectivity index (χ2v) is 5.32. The van der Waals surface area contributed by atoms with Crippen LogP contribution in [0, 0.1) is 0 Å². The molecule has 19 heavy (non-hydrogen) atoms. The Bertz CT molecular complexity index is 504. The van der Waals surface area contributed by atoms with Crippen molar-refractivity contribution in [3.05, 3.63) is 40.9 Å². The molecule has 4 heteroatoms. The van der Waals surface area contributed by atoms with E-state index < -0.39 is 0 Å². The molecule has 0 amide bonds. The Morgan fingerprint density at radius 3 is 2.58 bits per heavy atom. The van der Waals surface area contributed by atoms with Crippen LogP contribution in [0.1, 0.15) is 25.1 Å². The van der Waals surface area contributed by atoms with Crippen molar-refractivity contribution in [1.29, 1.82) is 0 Å². The van der Waals surface area contributed by atoms with E-state index >= 15 is 0 Å². The molecule has 0 spiro atoms. The molecule has 2 rings (SSSR count). The van der Waals surface area contributed by atoms with Crippen LogP contribution in [-0.4, -0.2) is 18.6 Å². The molecule has 0 fully saturated rings. The molecule has 0 aliphatic heterocycles. The van der Waals surface area contributed by atoms with Crippen molar-refractivity contribution in [2.45, 2.75) is 26.8 Å². The molecule has 0 atom stereocenters. The normalized spacial score (nSPS) is 10.7. The van der Waals surface area contributed by atoms with Gasteiger partial charge in [0.05, 0.1) is 5.69 Å². The molecule has 1 aromatic heterocycles. The fourth-order valence-electron chi connectivity index (χ4n) is 1.85. The van der Waals surface area contributed by atoms with Crippen LogP contribution in [0.2, 0.25) is 0 Å². The third-order valence-electron chi connectivity index (χ3n) is 3.11. The smallest absolute Gasteiger partial charge is 0.189 e. The summed E-state index contributed by atoms with van der Waals surface area (Å²) < 4.78 is 0. The molecule has 2 aromatic rings. The summed E-state index contributed by atoms with van der Waals surface area (Å²) in [4.78, 5) is 6.79. The van der Waals surface area contributed by atoms with Crippen LogP contribution in [0.5, 0.6) is 0 Å². The zero-order valence-corrected chi connectivity index (χ0v) is 12.6. The summed E-state index contributed by atoms with van der Waals surface area (Å²) in [6, 6.07) is 8.67. The molecule has 1 N–H and O–H groups in total. The average Bonchev–Trinajstić information content (AvgIpc) is 2.93. The van der Waals surface area contributed by atoms with Gasteiger partial charge >= 0.3 is 0 Å². The molecule has 0 saturated heterocycles. The summed E-state index contributed by atoms with van der Waals surface area (Å²) in [7, 11) is 2.07. The largest absolute Gasteiger partial charge is 0.321 e. The molecule has 0 aliphatic carbocycles. The summed E-state index contributed by atoms with van der Waals surface area (Å²) >= 11 is 1.69. The summed E-state index contributed by atoms with van der Waals surface area (Å²) in [6.07, 6.45) is 1.08.